The third-order valence-corrected chi connectivity index (χ3v) is 2.36. The zero-order valence-electron chi connectivity index (χ0n) is 9.21. The molecule has 0 bridgehead atoms. The molecule has 0 saturated heterocycles. The standard InChI is InChI=1S/C11H23O2/c1-5-6-7-8-9-11(13-4)10(2)12-3/h10-11H,2,5-9H2,1,3-4H3. The van der Waals surface area contributed by atoms with Gasteiger partial charge in [-0.15, -0.1) is 0 Å². The van der Waals surface area contributed by atoms with Gasteiger partial charge >= 0.3 is 0 Å². The van der Waals surface area contributed by atoms with Crippen LogP contribution < -0.4 is 0 Å². The van der Waals surface area contributed by atoms with E-state index in [0.717, 1.165) is 6.42 Å². The number of methoxy groups -OCH3 is 2. The Bertz CT molecular complexity index is 104. The summed E-state index contributed by atoms with van der Waals surface area (Å²) in [5.74, 6) is 0. The second-order valence-electron chi connectivity index (χ2n) is 3.40. The van der Waals surface area contributed by atoms with Crippen molar-refractivity contribution < 1.29 is 9.47 Å². The van der Waals surface area contributed by atoms with Crippen LogP contribution in [0.25, 0.3) is 0 Å². The summed E-state index contributed by atoms with van der Waals surface area (Å²) in [6.45, 7) is 6.09. The second-order valence-corrected chi connectivity index (χ2v) is 3.40. The molecule has 13 heavy (non-hydrogen) atoms. The minimum absolute atomic E-state index is 0.0355. The third-order valence-electron chi connectivity index (χ3n) is 2.36. The van der Waals surface area contributed by atoms with E-state index in [1.807, 2.05) is 0 Å². The van der Waals surface area contributed by atoms with Crippen LogP contribution in [0.2, 0.25) is 0 Å². The van der Waals surface area contributed by atoms with Gasteiger partial charge in [-0.2, -0.15) is 0 Å². The maximum Gasteiger partial charge on any atom is 0.0833 e. The molecule has 0 amide bonds. The van der Waals surface area contributed by atoms with Crippen LogP contribution in [-0.4, -0.2) is 26.4 Å². The molecule has 0 aliphatic rings. The highest BCUT2D eigenvalue weighted by Gasteiger charge is 2.14. The average molecular weight is 187 g/mol. The Morgan fingerprint density at radius 3 is 2.23 bits per heavy atom. The van der Waals surface area contributed by atoms with Gasteiger partial charge in [0.15, 0.2) is 0 Å². The van der Waals surface area contributed by atoms with Crippen molar-refractivity contribution in [2.24, 2.45) is 0 Å². The van der Waals surface area contributed by atoms with Gasteiger partial charge in [0.05, 0.1) is 12.2 Å². The van der Waals surface area contributed by atoms with Gasteiger partial charge in [-0.25, -0.2) is 0 Å². The second kappa shape index (κ2) is 8.52. The predicted molar refractivity (Wildman–Crippen MR) is 55.7 cm³/mol. The highest BCUT2D eigenvalue weighted by atomic mass is 16.5. The van der Waals surface area contributed by atoms with Crippen molar-refractivity contribution in [3.8, 4) is 0 Å². The first-order chi connectivity index (χ1) is 6.26. The molecule has 2 nitrogen and oxygen atoms in total. The molecule has 0 N–H and O–H groups in total. The lowest BCUT2D eigenvalue weighted by atomic mass is 10.1. The van der Waals surface area contributed by atoms with E-state index in [2.05, 4.69) is 13.8 Å². The molecule has 0 fully saturated rings. The number of unbranched alkanes of at least 4 members (excludes halogenated alkanes) is 3. The SMILES string of the molecule is [CH2]C(OC)C(CCCCCC)OC. The highest BCUT2D eigenvalue weighted by molar-refractivity contribution is 4.72. The molecular weight excluding hydrogens is 164 g/mol. The van der Waals surface area contributed by atoms with Crippen molar-refractivity contribution in [1.29, 1.82) is 0 Å². The summed E-state index contributed by atoms with van der Waals surface area (Å²) in [7, 11) is 3.40. The molecule has 0 spiro atoms. The average Bonchev–Trinajstić information content (AvgIpc) is 2.17. The molecular formula is C11H23O2. The molecule has 0 saturated carbocycles. The largest absolute Gasteiger partial charge is 0.379 e. The Morgan fingerprint density at radius 1 is 1.08 bits per heavy atom. The van der Waals surface area contributed by atoms with Crippen LogP contribution in [0.3, 0.4) is 0 Å². The Labute approximate surface area is 82.6 Å². The van der Waals surface area contributed by atoms with Crippen molar-refractivity contribution in [3.05, 3.63) is 6.92 Å². The van der Waals surface area contributed by atoms with Crippen LogP contribution in [-0.2, 0) is 9.47 Å². The molecule has 0 aromatic carbocycles. The van der Waals surface area contributed by atoms with E-state index in [9.17, 15) is 0 Å². The summed E-state index contributed by atoms with van der Waals surface area (Å²) in [5, 5.41) is 0. The van der Waals surface area contributed by atoms with E-state index in [0.29, 0.717) is 0 Å². The molecule has 2 heteroatoms. The van der Waals surface area contributed by atoms with Gasteiger partial charge in [-0.3, -0.25) is 0 Å². The lowest BCUT2D eigenvalue weighted by Crippen LogP contribution is -2.27. The molecule has 79 valence electrons. The van der Waals surface area contributed by atoms with Gasteiger partial charge in [-0.05, 0) is 13.3 Å². The fraction of sp³-hybridized carbons (Fsp3) is 0.909. The molecule has 0 aliphatic carbocycles. The fourth-order valence-electron chi connectivity index (χ4n) is 1.38. The molecule has 2 atom stereocenters. The van der Waals surface area contributed by atoms with Crippen LogP contribution in [0.1, 0.15) is 39.0 Å². The summed E-state index contributed by atoms with van der Waals surface area (Å²) in [5.41, 5.74) is 0. The third kappa shape index (κ3) is 6.05. The summed E-state index contributed by atoms with van der Waals surface area (Å²) >= 11 is 0. The van der Waals surface area contributed by atoms with E-state index < -0.39 is 0 Å². The monoisotopic (exact) mass is 187 g/mol. The topological polar surface area (TPSA) is 18.5 Å². The minimum atomic E-state index is -0.0355. The Balaban J connectivity index is 3.47. The van der Waals surface area contributed by atoms with E-state index in [-0.39, 0.29) is 12.2 Å². The van der Waals surface area contributed by atoms with Gasteiger partial charge < -0.3 is 9.47 Å². The first kappa shape index (κ1) is 12.9. The van der Waals surface area contributed by atoms with Crippen molar-refractivity contribution in [1.82, 2.24) is 0 Å². The van der Waals surface area contributed by atoms with Crippen LogP contribution in [0.5, 0.6) is 0 Å². The Hall–Kier alpha value is -0.0800. The highest BCUT2D eigenvalue weighted by Crippen LogP contribution is 2.12. The van der Waals surface area contributed by atoms with E-state index in [4.69, 9.17) is 9.47 Å². The fourth-order valence-corrected chi connectivity index (χ4v) is 1.38. The van der Waals surface area contributed by atoms with Crippen LogP contribution >= 0.6 is 0 Å². The van der Waals surface area contributed by atoms with Crippen molar-refractivity contribution in [3.63, 3.8) is 0 Å². The van der Waals surface area contributed by atoms with E-state index in [1.54, 1.807) is 14.2 Å². The molecule has 0 heterocycles. The summed E-state index contributed by atoms with van der Waals surface area (Å²) in [4.78, 5) is 0. The Kier molecular flexibility index (Phi) is 8.46. The molecule has 0 aliphatic heterocycles. The smallest absolute Gasteiger partial charge is 0.0833 e. The lowest BCUT2D eigenvalue weighted by molar-refractivity contribution is -0.0180. The first-order valence-electron chi connectivity index (χ1n) is 5.14. The maximum absolute atomic E-state index is 5.30. The van der Waals surface area contributed by atoms with E-state index >= 15 is 0 Å². The van der Waals surface area contributed by atoms with Crippen molar-refractivity contribution in [2.45, 2.75) is 51.2 Å². The van der Waals surface area contributed by atoms with Gasteiger partial charge in [0.1, 0.15) is 0 Å². The molecule has 1 radical (unpaired) electrons. The number of hydrogen-bond acceptors (Lipinski definition) is 2. The van der Waals surface area contributed by atoms with Crippen LogP contribution in [0.4, 0.5) is 0 Å². The van der Waals surface area contributed by atoms with Crippen molar-refractivity contribution >= 4 is 0 Å². The van der Waals surface area contributed by atoms with Crippen LogP contribution in [0, 0.1) is 6.92 Å². The van der Waals surface area contributed by atoms with Crippen molar-refractivity contribution in [2.75, 3.05) is 14.2 Å². The number of hydrogen-bond donors (Lipinski definition) is 0. The first-order valence-corrected chi connectivity index (χ1v) is 5.14. The van der Waals surface area contributed by atoms with Gasteiger partial charge in [-0.1, -0.05) is 32.6 Å². The molecule has 2 unspecified atom stereocenters. The lowest BCUT2D eigenvalue weighted by Gasteiger charge is -2.20. The summed E-state index contributed by atoms with van der Waals surface area (Å²) in [6, 6.07) is 0. The molecule has 0 aromatic rings. The zero-order valence-corrected chi connectivity index (χ0v) is 9.21. The van der Waals surface area contributed by atoms with Gasteiger partial charge in [0.25, 0.3) is 0 Å². The van der Waals surface area contributed by atoms with Gasteiger partial charge in [0.2, 0.25) is 0 Å². The zero-order chi connectivity index (χ0) is 10.1. The number of rotatable bonds is 8. The molecule has 0 rings (SSSR count). The normalized spacial score (nSPS) is 15.7. The maximum atomic E-state index is 5.30. The quantitative estimate of drug-likeness (QED) is 0.544. The predicted octanol–water partition coefficient (Wildman–Crippen LogP) is 2.82. The number of ether oxygens (including phenoxy) is 2. The Morgan fingerprint density at radius 2 is 1.77 bits per heavy atom. The molecule has 0 aromatic heterocycles. The van der Waals surface area contributed by atoms with E-state index in [1.165, 1.54) is 25.7 Å². The van der Waals surface area contributed by atoms with Crippen LogP contribution in [0.15, 0.2) is 0 Å². The van der Waals surface area contributed by atoms with Gasteiger partial charge in [0, 0.05) is 14.2 Å². The summed E-state index contributed by atoms with van der Waals surface area (Å²) < 4.78 is 10.4. The minimum Gasteiger partial charge on any atom is -0.379 e. The summed E-state index contributed by atoms with van der Waals surface area (Å²) in [6.07, 6.45) is 6.25.